The Morgan fingerprint density at radius 2 is 2.00 bits per heavy atom. The highest BCUT2D eigenvalue weighted by molar-refractivity contribution is 5.93. The predicted octanol–water partition coefficient (Wildman–Crippen LogP) is 1.60. The molecule has 2 heterocycles. The number of aliphatic hydroxyl groups is 1. The zero-order valence-electron chi connectivity index (χ0n) is 13.2. The van der Waals surface area contributed by atoms with E-state index in [0.717, 1.165) is 18.2 Å². The third-order valence-corrected chi connectivity index (χ3v) is 3.93. The summed E-state index contributed by atoms with van der Waals surface area (Å²) in [5, 5.41) is 10.2. The number of piperidine rings is 1. The van der Waals surface area contributed by atoms with E-state index in [1.165, 1.54) is 17.2 Å². The molecule has 6 nitrogen and oxygen atoms in total. The van der Waals surface area contributed by atoms with Gasteiger partial charge in [0, 0.05) is 43.0 Å². The number of pyridine rings is 1. The Labute approximate surface area is 142 Å². The van der Waals surface area contributed by atoms with Gasteiger partial charge < -0.3 is 20.5 Å². The number of likely N-dealkylation sites (tertiary alicyclic amines) is 1. The van der Waals surface area contributed by atoms with E-state index in [0.29, 0.717) is 18.7 Å². The van der Waals surface area contributed by atoms with Gasteiger partial charge >= 0.3 is 0 Å². The van der Waals surface area contributed by atoms with Crippen molar-refractivity contribution < 1.29 is 23.4 Å². The first-order chi connectivity index (χ1) is 11.9. The van der Waals surface area contributed by atoms with Crippen molar-refractivity contribution in [2.24, 2.45) is 0 Å². The van der Waals surface area contributed by atoms with Crippen molar-refractivity contribution >= 4 is 11.6 Å². The summed E-state index contributed by atoms with van der Waals surface area (Å²) < 4.78 is 31.9. The van der Waals surface area contributed by atoms with E-state index in [-0.39, 0.29) is 23.9 Å². The number of rotatable bonds is 3. The number of carbonyl (C=O) groups excluding carboxylic acids is 1. The minimum atomic E-state index is -0.995. The van der Waals surface area contributed by atoms with Crippen molar-refractivity contribution in [2.75, 3.05) is 18.8 Å². The quantitative estimate of drug-likeness (QED) is 0.879. The maximum atomic E-state index is 13.2. The number of ether oxygens (including phenoxy) is 1. The first-order valence-corrected chi connectivity index (χ1v) is 7.74. The fraction of sp³-hybridized carbons (Fsp3) is 0.294. The van der Waals surface area contributed by atoms with Crippen LogP contribution in [-0.2, 0) is 0 Å². The van der Waals surface area contributed by atoms with Crippen LogP contribution in [0.25, 0.3) is 0 Å². The maximum Gasteiger partial charge on any atom is 0.272 e. The SMILES string of the molecule is Nc1ccnc(C(=O)N2CC[C@@H](Oc3cc(F)cc(F)c3)[C@H](O)C2)c1. The molecule has 132 valence electrons. The van der Waals surface area contributed by atoms with E-state index in [1.54, 1.807) is 6.07 Å². The summed E-state index contributed by atoms with van der Waals surface area (Å²) in [6, 6.07) is 5.87. The lowest BCUT2D eigenvalue weighted by atomic mass is 10.0. The first-order valence-electron chi connectivity index (χ1n) is 7.74. The van der Waals surface area contributed by atoms with Crippen LogP contribution in [0.1, 0.15) is 16.9 Å². The van der Waals surface area contributed by atoms with Crippen LogP contribution in [0.5, 0.6) is 5.75 Å². The number of aliphatic hydroxyl groups excluding tert-OH is 1. The fourth-order valence-corrected chi connectivity index (χ4v) is 2.73. The van der Waals surface area contributed by atoms with Gasteiger partial charge in [-0.3, -0.25) is 9.78 Å². The summed E-state index contributed by atoms with van der Waals surface area (Å²) in [6.07, 6.45) is 0.0879. The highest BCUT2D eigenvalue weighted by Crippen LogP contribution is 2.22. The Bertz CT molecular complexity index is 767. The zero-order chi connectivity index (χ0) is 18.0. The van der Waals surface area contributed by atoms with E-state index < -0.39 is 23.8 Å². The second-order valence-electron chi connectivity index (χ2n) is 5.84. The molecular formula is C17H17F2N3O3. The van der Waals surface area contributed by atoms with E-state index in [4.69, 9.17) is 10.5 Å². The van der Waals surface area contributed by atoms with E-state index in [9.17, 15) is 18.7 Å². The highest BCUT2D eigenvalue weighted by atomic mass is 19.1. The Kier molecular flexibility index (Phi) is 4.80. The van der Waals surface area contributed by atoms with Crippen LogP contribution in [0.15, 0.2) is 36.5 Å². The molecule has 2 aromatic rings. The van der Waals surface area contributed by atoms with Crippen LogP contribution in [-0.4, -0.2) is 46.2 Å². The molecule has 8 heteroatoms. The minimum absolute atomic E-state index is 0.00109. The van der Waals surface area contributed by atoms with Gasteiger partial charge in [0.1, 0.15) is 35.3 Å². The topological polar surface area (TPSA) is 88.7 Å². The summed E-state index contributed by atoms with van der Waals surface area (Å²) in [7, 11) is 0. The van der Waals surface area contributed by atoms with Gasteiger partial charge in [-0.25, -0.2) is 8.78 Å². The average molecular weight is 349 g/mol. The number of benzene rings is 1. The number of amides is 1. The van der Waals surface area contributed by atoms with E-state index >= 15 is 0 Å². The third-order valence-electron chi connectivity index (χ3n) is 3.93. The van der Waals surface area contributed by atoms with Crippen molar-refractivity contribution in [3.63, 3.8) is 0 Å². The number of carbonyl (C=O) groups is 1. The maximum absolute atomic E-state index is 13.2. The molecule has 0 radical (unpaired) electrons. The van der Waals surface area contributed by atoms with Gasteiger partial charge in [-0.05, 0) is 12.1 Å². The smallest absolute Gasteiger partial charge is 0.272 e. The summed E-state index contributed by atoms with van der Waals surface area (Å²) in [5.74, 6) is -1.87. The Morgan fingerprint density at radius 1 is 1.28 bits per heavy atom. The van der Waals surface area contributed by atoms with Gasteiger partial charge in [-0.1, -0.05) is 0 Å². The van der Waals surface area contributed by atoms with Crippen molar-refractivity contribution in [2.45, 2.75) is 18.6 Å². The second kappa shape index (κ2) is 7.02. The van der Waals surface area contributed by atoms with Gasteiger partial charge in [-0.15, -0.1) is 0 Å². The van der Waals surface area contributed by atoms with Crippen molar-refractivity contribution in [3.8, 4) is 5.75 Å². The summed E-state index contributed by atoms with van der Waals surface area (Å²) in [5.41, 5.74) is 6.26. The first kappa shape index (κ1) is 17.1. The van der Waals surface area contributed by atoms with Gasteiger partial charge in [0.15, 0.2) is 0 Å². The van der Waals surface area contributed by atoms with E-state index in [2.05, 4.69) is 4.98 Å². The number of aromatic nitrogens is 1. The zero-order valence-corrected chi connectivity index (χ0v) is 13.2. The fourth-order valence-electron chi connectivity index (χ4n) is 2.73. The van der Waals surface area contributed by atoms with E-state index in [1.807, 2.05) is 0 Å². The summed E-state index contributed by atoms with van der Waals surface area (Å²) >= 11 is 0. The highest BCUT2D eigenvalue weighted by Gasteiger charge is 2.32. The van der Waals surface area contributed by atoms with Crippen LogP contribution in [0.3, 0.4) is 0 Å². The molecule has 3 rings (SSSR count). The van der Waals surface area contributed by atoms with Crippen molar-refractivity contribution in [3.05, 3.63) is 53.9 Å². The molecule has 0 saturated carbocycles. The monoisotopic (exact) mass is 349 g/mol. The van der Waals surface area contributed by atoms with Gasteiger partial charge in [-0.2, -0.15) is 0 Å². The van der Waals surface area contributed by atoms with Crippen LogP contribution >= 0.6 is 0 Å². The molecule has 1 aromatic carbocycles. The van der Waals surface area contributed by atoms with Crippen LogP contribution < -0.4 is 10.5 Å². The minimum Gasteiger partial charge on any atom is -0.487 e. The molecule has 0 bridgehead atoms. The van der Waals surface area contributed by atoms with Crippen molar-refractivity contribution in [1.29, 1.82) is 0 Å². The molecule has 3 N–H and O–H groups in total. The lowest BCUT2D eigenvalue weighted by Crippen LogP contribution is -2.51. The van der Waals surface area contributed by atoms with Crippen molar-refractivity contribution in [1.82, 2.24) is 9.88 Å². The molecule has 1 aliphatic rings. The predicted molar refractivity (Wildman–Crippen MR) is 86.0 cm³/mol. The lowest BCUT2D eigenvalue weighted by molar-refractivity contribution is -0.0202. The molecule has 25 heavy (non-hydrogen) atoms. The normalized spacial score (nSPS) is 20.4. The molecule has 1 fully saturated rings. The molecule has 0 unspecified atom stereocenters. The molecule has 1 saturated heterocycles. The summed E-state index contributed by atoms with van der Waals surface area (Å²) in [6.45, 7) is 0.340. The van der Waals surface area contributed by atoms with Crippen LogP contribution in [0, 0.1) is 11.6 Å². The lowest BCUT2D eigenvalue weighted by Gasteiger charge is -2.35. The van der Waals surface area contributed by atoms with Crippen LogP contribution in [0.2, 0.25) is 0 Å². The average Bonchev–Trinajstić information content (AvgIpc) is 2.55. The molecule has 2 atom stereocenters. The molecule has 0 spiro atoms. The Morgan fingerprint density at radius 3 is 2.64 bits per heavy atom. The molecular weight excluding hydrogens is 332 g/mol. The number of hydrogen-bond acceptors (Lipinski definition) is 5. The molecule has 1 aromatic heterocycles. The van der Waals surface area contributed by atoms with Crippen LogP contribution in [0.4, 0.5) is 14.5 Å². The number of β-amino-alcohol motifs (C(OH)–C–C–N with tert-alkyl or cyclic N) is 1. The number of hydrogen-bond donors (Lipinski definition) is 2. The van der Waals surface area contributed by atoms with Gasteiger partial charge in [0.25, 0.3) is 5.91 Å². The number of nitrogens with zero attached hydrogens (tertiary/aromatic N) is 2. The third kappa shape index (κ3) is 4.03. The Hall–Kier alpha value is -2.74. The second-order valence-corrected chi connectivity index (χ2v) is 5.84. The molecule has 1 amide bonds. The summed E-state index contributed by atoms with van der Waals surface area (Å²) in [4.78, 5) is 17.8. The number of anilines is 1. The number of nitrogens with two attached hydrogens (primary N) is 1. The van der Waals surface area contributed by atoms with Gasteiger partial charge in [0.05, 0.1) is 6.54 Å². The van der Waals surface area contributed by atoms with Gasteiger partial charge in [0.2, 0.25) is 0 Å². The number of nitrogen functional groups attached to an aromatic ring is 1. The largest absolute Gasteiger partial charge is 0.487 e. The molecule has 1 aliphatic heterocycles. The standard InChI is InChI=1S/C17H17F2N3O3/c18-10-5-11(19)7-13(6-10)25-16-2-4-22(9-15(16)23)17(24)14-8-12(20)1-3-21-14/h1,3,5-8,15-16,23H,2,4,9H2,(H2,20,21)/t15-,16-/m1/s1. The Balaban J connectivity index is 1.65. The molecule has 0 aliphatic carbocycles. The number of halogens is 2.